The van der Waals surface area contributed by atoms with Crippen molar-refractivity contribution in [3.63, 3.8) is 0 Å². The highest BCUT2D eigenvalue weighted by Crippen LogP contribution is 2.31. The Bertz CT molecular complexity index is 1040. The van der Waals surface area contributed by atoms with Gasteiger partial charge in [-0.25, -0.2) is 4.79 Å². The van der Waals surface area contributed by atoms with Gasteiger partial charge in [-0.3, -0.25) is 0 Å². The Morgan fingerprint density at radius 1 is 0.621 bits per heavy atom. The predicted octanol–water partition coefficient (Wildman–Crippen LogP) is 5.71. The lowest BCUT2D eigenvalue weighted by atomic mass is 10.2. The van der Waals surface area contributed by atoms with E-state index < -0.39 is 5.97 Å². The second-order valence-corrected chi connectivity index (χ2v) is 8.37. The average molecular weight is 399 g/mol. The van der Waals surface area contributed by atoms with Gasteiger partial charge in [-0.1, -0.05) is 36.4 Å². The molecule has 0 aliphatic rings. The molecule has 0 amide bonds. The summed E-state index contributed by atoms with van der Waals surface area (Å²) in [5.41, 5.74) is 0.478. The molecule has 4 rings (SSSR count). The standard InChI is InChI=1S/C25H18O3S/c26-20-13-15-21(16-14-20)28-25(27)19-11-17-24(18-12-19)29(22-7-3-1-4-8-22)23-9-5-2-6-10-23/h1-18H/p+1. The molecule has 0 radical (unpaired) electrons. The molecule has 0 heterocycles. The molecule has 0 fully saturated rings. The molecule has 1 N–H and O–H groups in total. The summed E-state index contributed by atoms with van der Waals surface area (Å²) in [6, 6.07) is 34.4. The van der Waals surface area contributed by atoms with Crippen LogP contribution < -0.4 is 4.74 Å². The minimum atomic E-state index is -0.429. The van der Waals surface area contributed by atoms with Gasteiger partial charge in [-0.05, 0) is 72.8 Å². The summed E-state index contributed by atoms with van der Waals surface area (Å²) in [6.45, 7) is 0. The lowest BCUT2D eigenvalue weighted by Gasteiger charge is -2.09. The van der Waals surface area contributed by atoms with Crippen LogP contribution in [-0.4, -0.2) is 11.1 Å². The van der Waals surface area contributed by atoms with Gasteiger partial charge in [0.05, 0.1) is 16.5 Å². The van der Waals surface area contributed by atoms with Crippen LogP contribution in [0, 0.1) is 0 Å². The largest absolute Gasteiger partial charge is 0.508 e. The molecule has 0 saturated carbocycles. The van der Waals surface area contributed by atoms with Gasteiger partial charge in [-0.2, -0.15) is 0 Å². The first-order chi connectivity index (χ1) is 14.2. The number of hydrogen-bond donors (Lipinski definition) is 1. The molecule has 4 heteroatoms. The number of aromatic hydroxyl groups is 1. The summed E-state index contributed by atoms with van der Waals surface area (Å²) >= 11 is 0. The van der Waals surface area contributed by atoms with Crippen LogP contribution in [0.1, 0.15) is 10.4 Å². The molecule has 0 aliphatic heterocycles. The van der Waals surface area contributed by atoms with Crippen molar-refractivity contribution in [1.29, 1.82) is 0 Å². The van der Waals surface area contributed by atoms with Crippen LogP contribution in [0.25, 0.3) is 0 Å². The van der Waals surface area contributed by atoms with Gasteiger partial charge in [0.2, 0.25) is 0 Å². The predicted molar refractivity (Wildman–Crippen MR) is 115 cm³/mol. The molecule has 0 saturated heterocycles. The second-order valence-electron chi connectivity index (χ2n) is 6.34. The topological polar surface area (TPSA) is 46.5 Å². The fourth-order valence-electron chi connectivity index (χ4n) is 2.93. The number of carbonyl (C=O) groups is 1. The number of phenols is 1. The SMILES string of the molecule is O=C(Oc1ccc(O)cc1)c1ccc([S+](c2ccccc2)c2ccccc2)cc1. The van der Waals surface area contributed by atoms with Crippen LogP contribution in [0.4, 0.5) is 0 Å². The normalized spacial score (nSPS) is 10.7. The molecule has 0 aromatic heterocycles. The second kappa shape index (κ2) is 8.67. The highest BCUT2D eigenvalue weighted by Gasteiger charge is 2.28. The maximum absolute atomic E-state index is 12.4. The zero-order chi connectivity index (χ0) is 20.1. The molecule has 142 valence electrons. The van der Waals surface area contributed by atoms with E-state index in [-0.39, 0.29) is 16.6 Å². The third-order valence-corrected chi connectivity index (χ3v) is 6.56. The van der Waals surface area contributed by atoms with Gasteiger partial charge in [0.15, 0.2) is 14.7 Å². The molecule has 0 unspecified atom stereocenters. The summed E-state index contributed by atoms with van der Waals surface area (Å²) in [6.07, 6.45) is 0. The lowest BCUT2D eigenvalue weighted by molar-refractivity contribution is 0.0734. The first kappa shape index (κ1) is 18.8. The summed E-state index contributed by atoms with van der Waals surface area (Å²) in [4.78, 5) is 16.0. The van der Waals surface area contributed by atoms with Crippen molar-refractivity contribution in [1.82, 2.24) is 0 Å². The summed E-state index contributed by atoms with van der Waals surface area (Å²) < 4.78 is 5.38. The maximum atomic E-state index is 12.4. The van der Waals surface area contributed by atoms with E-state index >= 15 is 0 Å². The van der Waals surface area contributed by atoms with Crippen LogP contribution in [0.2, 0.25) is 0 Å². The number of rotatable bonds is 5. The van der Waals surface area contributed by atoms with Crippen molar-refractivity contribution in [3.05, 3.63) is 115 Å². The van der Waals surface area contributed by atoms with Gasteiger partial charge in [0, 0.05) is 0 Å². The van der Waals surface area contributed by atoms with Crippen molar-refractivity contribution < 1.29 is 14.6 Å². The number of carbonyl (C=O) groups excluding carboxylic acids is 1. The van der Waals surface area contributed by atoms with E-state index in [0.29, 0.717) is 11.3 Å². The van der Waals surface area contributed by atoms with Gasteiger partial charge >= 0.3 is 5.97 Å². The molecule has 0 atom stereocenters. The minimum absolute atomic E-state index is 0.128. The molecule has 0 bridgehead atoms. The molecule has 4 aromatic rings. The quantitative estimate of drug-likeness (QED) is 0.266. The van der Waals surface area contributed by atoms with E-state index in [0.717, 1.165) is 4.90 Å². The first-order valence-corrected chi connectivity index (χ1v) is 10.4. The van der Waals surface area contributed by atoms with Crippen molar-refractivity contribution in [2.45, 2.75) is 14.7 Å². The van der Waals surface area contributed by atoms with Gasteiger partial charge in [0.25, 0.3) is 0 Å². The van der Waals surface area contributed by atoms with Gasteiger partial charge in [-0.15, -0.1) is 0 Å². The minimum Gasteiger partial charge on any atom is -0.508 e. The smallest absolute Gasteiger partial charge is 0.343 e. The highest BCUT2D eigenvalue weighted by atomic mass is 32.2. The first-order valence-electron chi connectivity index (χ1n) is 9.16. The van der Waals surface area contributed by atoms with E-state index in [2.05, 4.69) is 24.3 Å². The van der Waals surface area contributed by atoms with E-state index in [1.807, 2.05) is 48.5 Å². The van der Waals surface area contributed by atoms with E-state index in [1.54, 1.807) is 24.3 Å². The fraction of sp³-hybridized carbons (Fsp3) is 0. The molecule has 3 nitrogen and oxygen atoms in total. The zero-order valence-corrected chi connectivity index (χ0v) is 16.4. The Kier molecular flexibility index (Phi) is 5.63. The van der Waals surface area contributed by atoms with Crippen LogP contribution in [0.3, 0.4) is 0 Å². The molecular weight excluding hydrogens is 380 g/mol. The number of esters is 1. The fourth-order valence-corrected chi connectivity index (χ4v) is 5.01. The highest BCUT2D eigenvalue weighted by molar-refractivity contribution is 7.97. The number of phenolic OH excluding ortho intramolecular Hbond substituents is 1. The third-order valence-electron chi connectivity index (χ3n) is 4.33. The van der Waals surface area contributed by atoms with E-state index in [4.69, 9.17) is 4.74 Å². The Morgan fingerprint density at radius 3 is 1.62 bits per heavy atom. The van der Waals surface area contributed by atoms with Crippen LogP contribution in [0.5, 0.6) is 11.5 Å². The lowest BCUT2D eigenvalue weighted by Crippen LogP contribution is -2.09. The summed E-state index contributed by atoms with van der Waals surface area (Å²) in [7, 11) is -0.257. The average Bonchev–Trinajstić information content (AvgIpc) is 2.77. The molecule has 0 aliphatic carbocycles. The molecule has 29 heavy (non-hydrogen) atoms. The van der Waals surface area contributed by atoms with E-state index in [9.17, 15) is 9.90 Å². The summed E-state index contributed by atoms with van der Waals surface area (Å²) in [5.74, 6) is 0.0924. The van der Waals surface area contributed by atoms with Gasteiger partial charge in [0.1, 0.15) is 11.5 Å². The van der Waals surface area contributed by atoms with E-state index in [1.165, 1.54) is 21.9 Å². The van der Waals surface area contributed by atoms with Crippen molar-refractivity contribution in [2.75, 3.05) is 0 Å². The summed E-state index contributed by atoms with van der Waals surface area (Å²) in [5, 5.41) is 9.34. The van der Waals surface area contributed by atoms with Crippen molar-refractivity contribution >= 4 is 16.9 Å². The van der Waals surface area contributed by atoms with Crippen LogP contribution in [-0.2, 0) is 10.9 Å². The Balaban J connectivity index is 1.60. The Labute approximate surface area is 172 Å². The van der Waals surface area contributed by atoms with Crippen LogP contribution >= 0.6 is 0 Å². The molecule has 4 aromatic carbocycles. The Morgan fingerprint density at radius 2 is 1.10 bits per heavy atom. The van der Waals surface area contributed by atoms with Crippen LogP contribution in [0.15, 0.2) is 124 Å². The Hall–Kier alpha value is -3.50. The monoisotopic (exact) mass is 399 g/mol. The van der Waals surface area contributed by atoms with Crippen molar-refractivity contribution in [3.8, 4) is 11.5 Å². The molecule has 0 spiro atoms. The maximum Gasteiger partial charge on any atom is 0.343 e. The third kappa shape index (κ3) is 4.50. The number of benzene rings is 4. The zero-order valence-electron chi connectivity index (χ0n) is 15.6. The number of hydrogen-bond acceptors (Lipinski definition) is 3. The molecular formula is C25H19O3S+. The number of ether oxygens (including phenoxy) is 1. The van der Waals surface area contributed by atoms with Crippen molar-refractivity contribution in [2.24, 2.45) is 0 Å². The van der Waals surface area contributed by atoms with Gasteiger partial charge < -0.3 is 9.84 Å².